The molecule has 0 aliphatic heterocycles. The normalized spacial score (nSPS) is 10.7. The van der Waals surface area contributed by atoms with Crippen molar-refractivity contribution in [2.24, 2.45) is 0 Å². The minimum absolute atomic E-state index is 0.0422. The van der Waals surface area contributed by atoms with Crippen LogP contribution in [0.5, 0.6) is 0 Å². The van der Waals surface area contributed by atoms with Crippen LogP contribution in [-0.2, 0) is 0 Å². The fourth-order valence-corrected chi connectivity index (χ4v) is 2.18. The van der Waals surface area contributed by atoms with Gasteiger partial charge in [0.25, 0.3) is 0 Å². The van der Waals surface area contributed by atoms with Gasteiger partial charge in [0.15, 0.2) is 29.1 Å². The fraction of sp³-hybridized carbons (Fsp3) is 0.0714. The van der Waals surface area contributed by atoms with E-state index in [0.29, 0.717) is 0 Å². The highest BCUT2D eigenvalue weighted by Gasteiger charge is 2.28. The maximum atomic E-state index is 13.7. The van der Waals surface area contributed by atoms with Gasteiger partial charge in [-0.2, -0.15) is 0 Å². The van der Waals surface area contributed by atoms with E-state index in [4.69, 9.17) is 0 Å². The smallest absolute Gasteiger partial charge is 0.198 e. The topological polar surface area (TPSA) is 17.1 Å². The molecule has 104 valence electrons. The summed E-state index contributed by atoms with van der Waals surface area (Å²) in [6.45, 7) is 1.78. The van der Waals surface area contributed by atoms with Crippen LogP contribution in [0.1, 0.15) is 21.5 Å². The minimum Gasteiger partial charge on any atom is -0.288 e. The zero-order valence-corrected chi connectivity index (χ0v) is 11.7. The summed E-state index contributed by atoms with van der Waals surface area (Å²) >= 11 is 2.59. The van der Waals surface area contributed by atoms with Gasteiger partial charge >= 0.3 is 0 Å². The molecule has 0 spiro atoms. The maximum absolute atomic E-state index is 13.7. The van der Waals surface area contributed by atoms with Crippen molar-refractivity contribution in [3.63, 3.8) is 0 Å². The van der Waals surface area contributed by atoms with Crippen molar-refractivity contribution < 1.29 is 22.4 Å². The maximum Gasteiger partial charge on any atom is 0.198 e. The lowest BCUT2D eigenvalue weighted by Crippen LogP contribution is -2.11. The van der Waals surface area contributed by atoms with Gasteiger partial charge in [-0.3, -0.25) is 4.79 Å². The van der Waals surface area contributed by atoms with Crippen molar-refractivity contribution >= 4 is 21.7 Å². The lowest BCUT2D eigenvalue weighted by atomic mass is 10.0. The van der Waals surface area contributed by atoms with Crippen LogP contribution in [0, 0.1) is 30.2 Å². The summed E-state index contributed by atoms with van der Waals surface area (Å²) in [6.07, 6.45) is 0. The molecule has 20 heavy (non-hydrogen) atoms. The van der Waals surface area contributed by atoms with Crippen molar-refractivity contribution in [1.82, 2.24) is 0 Å². The number of carbonyl (C=O) groups excluding carboxylic acids is 1. The van der Waals surface area contributed by atoms with Gasteiger partial charge in [0.2, 0.25) is 0 Å². The molecule has 1 nitrogen and oxygen atoms in total. The summed E-state index contributed by atoms with van der Waals surface area (Å²) in [5.74, 6) is -8.27. The molecule has 0 atom stereocenters. The summed E-state index contributed by atoms with van der Waals surface area (Å²) < 4.78 is 52.6. The van der Waals surface area contributed by atoms with Gasteiger partial charge in [0, 0.05) is 5.56 Å². The molecule has 0 saturated heterocycles. The highest BCUT2D eigenvalue weighted by molar-refractivity contribution is 9.10. The summed E-state index contributed by atoms with van der Waals surface area (Å²) in [5, 5.41) is 0. The molecule has 0 aromatic heterocycles. The average molecular weight is 347 g/mol. The Balaban J connectivity index is 2.64. The number of ketones is 1. The van der Waals surface area contributed by atoms with Crippen molar-refractivity contribution in [2.75, 3.05) is 0 Å². The number of benzene rings is 2. The molecule has 0 bridgehead atoms. The molecular formula is C14H7BrF4O. The molecule has 0 unspecified atom stereocenters. The molecule has 0 heterocycles. The minimum atomic E-state index is -2.01. The molecule has 0 aliphatic carbocycles. The van der Waals surface area contributed by atoms with Gasteiger partial charge in [-0.25, -0.2) is 17.6 Å². The van der Waals surface area contributed by atoms with Crippen LogP contribution < -0.4 is 0 Å². The van der Waals surface area contributed by atoms with E-state index in [1.54, 1.807) is 19.1 Å². The van der Waals surface area contributed by atoms with Gasteiger partial charge in [-0.15, -0.1) is 0 Å². The largest absolute Gasteiger partial charge is 0.288 e. The summed E-state index contributed by atoms with van der Waals surface area (Å²) in [6, 6.07) is 5.97. The van der Waals surface area contributed by atoms with E-state index in [2.05, 4.69) is 15.9 Å². The van der Waals surface area contributed by atoms with Gasteiger partial charge in [0.1, 0.15) is 0 Å². The summed E-state index contributed by atoms with van der Waals surface area (Å²) in [4.78, 5) is 12.1. The van der Waals surface area contributed by atoms with Gasteiger partial charge in [-0.05, 0) is 22.9 Å². The van der Waals surface area contributed by atoms with Crippen LogP contribution >= 0.6 is 15.9 Å². The predicted octanol–water partition coefficient (Wildman–Crippen LogP) is 4.54. The Kier molecular flexibility index (Phi) is 3.94. The predicted molar refractivity (Wildman–Crippen MR) is 68.6 cm³/mol. The first kappa shape index (κ1) is 14.7. The van der Waals surface area contributed by atoms with Crippen LogP contribution in [0.4, 0.5) is 17.6 Å². The van der Waals surface area contributed by atoms with Crippen molar-refractivity contribution in [3.8, 4) is 0 Å². The monoisotopic (exact) mass is 346 g/mol. The molecule has 2 rings (SSSR count). The molecule has 0 radical (unpaired) electrons. The average Bonchev–Trinajstić information content (AvgIpc) is 2.44. The second-order valence-electron chi connectivity index (χ2n) is 4.14. The Morgan fingerprint density at radius 2 is 1.40 bits per heavy atom. The molecule has 6 heteroatoms. The van der Waals surface area contributed by atoms with E-state index in [1.165, 1.54) is 12.1 Å². The van der Waals surface area contributed by atoms with Crippen molar-refractivity contribution in [3.05, 3.63) is 68.7 Å². The Morgan fingerprint density at radius 1 is 0.900 bits per heavy atom. The Hall–Kier alpha value is -1.69. The Morgan fingerprint density at radius 3 is 1.95 bits per heavy atom. The third kappa shape index (κ3) is 2.35. The molecule has 0 N–H and O–H groups in total. The summed E-state index contributed by atoms with van der Waals surface area (Å²) in [7, 11) is 0. The number of hydrogen-bond donors (Lipinski definition) is 0. The van der Waals surface area contributed by atoms with Gasteiger partial charge in [-0.1, -0.05) is 29.8 Å². The molecule has 2 aromatic rings. The van der Waals surface area contributed by atoms with Crippen molar-refractivity contribution in [2.45, 2.75) is 6.92 Å². The summed E-state index contributed by atoms with van der Waals surface area (Å²) in [5.41, 5.74) is 0.0309. The van der Waals surface area contributed by atoms with E-state index >= 15 is 0 Å². The SMILES string of the molecule is Cc1ccc(C(=O)c2c(F)c(F)c(F)c(F)c2Br)cc1. The number of rotatable bonds is 2. The number of aryl methyl sites for hydroxylation is 1. The quantitative estimate of drug-likeness (QED) is 0.337. The van der Waals surface area contributed by atoms with E-state index in [1.807, 2.05) is 0 Å². The van der Waals surface area contributed by atoms with Crippen molar-refractivity contribution in [1.29, 1.82) is 0 Å². The Bertz CT molecular complexity index is 666. The third-order valence-corrected chi connectivity index (χ3v) is 3.50. The Labute approximate surface area is 120 Å². The lowest BCUT2D eigenvalue weighted by Gasteiger charge is -2.08. The molecule has 0 fully saturated rings. The first-order valence-electron chi connectivity index (χ1n) is 5.47. The zero-order valence-electron chi connectivity index (χ0n) is 10.1. The molecule has 0 saturated carbocycles. The van der Waals surface area contributed by atoms with Gasteiger partial charge < -0.3 is 0 Å². The highest BCUT2D eigenvalue weighted by atomic mass is 79.9. The third-order valence-electron chi connectivity index (χ3n) is 2.75. The van der Waals surface area contributed by atoms with Crippen LogP contribution in [-0.4, -0.2) is 5.78 Å². The standard InChI is InChI=1S/C14H7BrF4O/c1-6-2-4-7(5-3-6)14(20)8-9(15)11(17)13(19)12(18)10(8)16/h2-5H,1H3. The molecule has 2 aromatic carbocycles. The number of carbonyl (C=O) groups is 1. The van der Waals surface area contributed by atoms with E-state index in [-0.39, 0.29) is 5.56 Å². The van der Waals surface area contributed by atoms with Crippen LogP contribution in [0.25, 0.3) is 0 Å². The zero-order chi connectivity index (χ0) is 15.0. The first-order valence-corrected chi connectivity index (χ1v) is 6.26. The van der Waals surface area contributed by atoms with Crippen LogP contribution in [0.3, 0.4) is 0 Å². The molecule has 0 aliphatic rings. The fourth-order valence-electron chi connectivity index (χ4n) is 1.65. The molecular weight excluding hydrogens is 340 g/mol. The molecule has 0 amide bonds. The second-order valence-corrected chi connectivity index (χ2v) is 4.93. The second kappa shape index (κ2) is 5.36. The number of hydrogen-bond acceptors (Lipinski definition) is 1. The van der Waals surface area contributed by atoms with Gasteiger partial charge in [0.05, 0.1) is 10.0 Å². The van der Waals surface area contributed by atoms with E-state index < -0.39 is 39.1 Å². The first-order chi connectivity index (χ1) is 9.34. The number of halogens is 5. The van der Waals surface area contributed by atoms with Crippen LogP contribution in [0.15, 0.2) is 28.7 Å². The lowest BCUT2D eigenvalue weighted by molar-refractivity contribution is 0.103. The van der Waals surface area contributed by atoms with E-state index in [0.717, 1.165) is 5.56 Å². The highest BCUT2D eigenvalue weighted by Crippen LogP contribution is 2.30. The van der Waals surface area contributed by atoms with E-state index in [9.17, 15) is 22.4 Å². The van der Waals surface area contributed by atoms with Crippen LogP contribution in [0.2, 0.25) is 0 Å².